The van der Waals surface area contributed by atoms with Gasteiger partial charge in [0.2, 0.25) is 0 Å². The zero-order chi connectivity index (χ0) is 17.8. The van der Waals surface area contributed by atoms with E-state index in [2.05, 4.69) is 26.2 Å². The number of thiocarbonyl (C=S) groups is 1. The minimum absolute atomic E-state index is 0.700. The Hall–Kier alpha value is -2.65. The molecular formula is C19H21N5S. The topological polar surface area (TPSA) is 55.2 Å². The third-order valence-electron chi connectivity index (χ3n) is 4.26. The third-order valence-corrected chi connectivity index (χ3v) is 4.63. The lowest BCUT2D eigenvalue weighted by Crippen LogP contribution is -2.50. The molecule has 1 N–H and O–H groups in total. The van der Waals surface area contributed by atoms with Crippen LogP contribution in [0.15, 0.2) is 36.4 Å². The molecule has 3 rings (SSSR count). The SMILES string of the molecule is Cc1cc(C)nc(NC(=S)N2CCN(c3ccccc3C#N)CC2)c1. The summed E-state index contributed by atoms with van der Waals surface area (Å²) in [7, 11) is 0. The first-order valence-electron chi connectivity index (χ1n) is 8.32. The van der Waals surface area contributed by atoms with Crippen LogP contribution in [0.25, 0.3) is 0 Å². The summed E-state index contributed by atoms with van der Waals surface area (Å²) in [5, 5.41) is 13.2. The van der Waals surface area contributed by atoms with Gasteiger partial charge in [-0.1, -0.05) is 12.1 Å². The van der Waals surface area contributed by atoms with Gasteiger partial charge in [-0.3, -0.25) is 0 Å². The predicted octanol–water partition coefficient (Wildman–Crippen LogP) is 3.09. The highest BCUT2D eigenvalue weighted by Crippen LogP contribution is 2.21. The van der Waals surface area contributed by atoms with Crippen molar-refractivity contribution < 1.29 is 0 Å². The van der Waals surface area contributed by atoms with Gasteiger partial charge in [-0.05, 0) is 55.9 Å². The van der Waals surface area contributed by atoms with Gasteiger partial charge in [-0.25, -0.2) is 4.98 Å². The molecule has 1 aliphatic rings. The second-order valence-electron chi connectivity index (χ2n) is 6.20. The van der Waals surface area contributed by atoms with Crippen molar-refractivity contribution in [3.8, 4) is 6.07 Å². The van der Waals surface area contributed by atoms with Crippen molar-refractivity contribution in [1.82, 2.24) is 9.88 Å². The van der Waals surface area contributed by atoms with Gasteiger partial charge >= 0.3 is 0 Å². The number of hydrogen-bond acceptors (Lipinski definition) is 4. The number of rotatable bonds is 2. The summed E-state index contributed by atoms with van der Waals surface area (Å²) in [6, 6.07) is 14.0. The number of nitriles is 1. The number of para-hydroxylation sites is 1. The van der Waals surface area contributed by atoms with Crippen molar-refractivity contribution in [3.63, 3.8) is 0 Å². The molecule has 1 aromatic carbocycles. The molecule has 1 saturated heterocycles. The van der Waals surface area contributed by atoms with Crippen LogP contribution in [0.5, 0.6) is 0 Å². The first kappa shape index (κ1) is 17.2. The first-order chi connectivity index (χ1) is 12.1. The van der Waals surface area contributed by atoms with Gasteiger partial charge in [0.1, 0.15) is 11.9 Å². The largest absolute Gasteiger partial charge is 0.367 e. The average Bonchev–Trinajstić information content (AvgIpc) is 2.61. The molecule has 5 nitrogen and oxygen atoms in total. The Bertz CT molecular complexity index is 799. The van der Waals surface area contributed by atoms with Gasteiger partial charge in [0, 0.05) is 31.9 Å². The van der Waals surface area contributed by atoms with Gasteiger partial charge < -0.3 is 15.1 Å². The Balaban J connectivity index is 1.62. The van der Waals surface area contributed by atoms with Gasteiger partial charge in [0.15, 0.2) is 5.11 Å². The van der Waals surface area contributed by atoms with E-state index < -0.39 is 0 Å². The van der Waals surface area contributed by atoms with Crippen LogP contribution in [-0.2, 0) is 0 Å². The molecule has 2 heterocycles. The standard InChI is InChI=1S/C19H21N5S/c1-14-11-15(2)21-18(12-14)22-19(25)24-9-7-23(8-10-24)17-6-4-3-5-16(17)13-20/h3-6,11-12H,7-10H2,1-2H3,(H,21,22,25). The Morgan fingerprint density at radius 1 is 1.16 bits per heavy atom. The molecule has 0 atom stereocenters. The van der Waals surface area contributed by atoms with Crippen LogP contribution in [0.1, 0.15) is 16.8 Å². The van der Waals surface area contributed by atoms with Crippen LogP contribution in [0.4, 0.5) is 11.5 Å². The normalized spacial score (nSPS) is 14.1. The van der Waals surface area contributed by atoms with Crippen molar-refractivity contribution >= 4 is 28.8 Å². The van der Waals surface area contributed by atoms with Crippen molar-refractivity contribution in [1.29, 1.82) is 5.26 Å². The molecule has 2 aromatic rings. The number of aromatic nitrogens is 1. The summed E-state index contributed by atoms with van der Waals surface area (Å²) in [6.07, 6.45) is 0. The van der Waals surface area contributed by atoms with E-state index in [1.807, 2.05) is 50.2 Å². The lowest BCUT2D eigenvalue weighted by molar-refractivity contribution is 0.390. The highest BCUT2D eigenvalue weighted by Gasteiger charge is 2.21. The fraction of sp³-hybridized carbons (Fsp3) is 0.316. The highest BCUT2D eigenvalue weighted by molar-refractivity contribution is 7.80. The molecule has 1 aliphatic heterocycles. The smallest absolute Gasteiger partial charge is 0.174 e. The molecule has 25 heavy (non-hydrogen) atoms. The number of benzene rings is 1. The number of pyridine rings is 1. The molecule has 0 saturated carbocycles. The first-order valence-corrected chi connectivity index (χ1v) is 8.73. The van der Waals surface area contributed by atoms with Crippen LogP contribution in [0, 0.1) is 25.2 Å². The molecule has 0 aliphatic carbocycles. The third kappa shape index (κ3) is 4.06. The minimum Gasteiger partial charge on any atom is -0.367 e. The van der Waals surface area contributed by atoms with E-state index in [4.69, 9.17) is 12.2 Å². The molecule has 0 radical (unpaired) electrons. The van der Waals surface area contributed by atoms with Crippen molar-refractivity contribution in [2.24, 2.45) is 0 Å². The van der Waals surface area contributed by atoms with Crippen molar-refractivity contribution in [3.05, 3.63) is 53.2 Å². The van der Waals surface area contributed by atoms with Gasteiger partial charge in [0.25, 0.3) is 0 Å². The number of anilines is 2. The van der Waals surface area contributed by atoms with Crippen LogP contribution in [-0.4, -0.2) is 41.2 Å². The maximum absolute atomic E-state index is 9.27. The van der Waals surface area contributed by atoms with Gasteiger partial charge in [-0.2, -0.15) is 5.26 Å². The van der Waals surface area contributed by atoms with Crippen LogP contribution in [0.3, 0.4) is 0 Å². The summed E-state index contributed by atoms with van der Waals surface area (Å²) >= 11 is 5.55. The van der Waals surface area contributed by atoms with Crippen molar-refractivity contribution in [2.75, 3.05) is 36.4 Å². The number of nitrogens with zero attached hydrogens (tertiary/aromatic N) is 4. The second-order valence-corrected chi connectivity index (χ2v) is 6.59. The Kier molecular flexibility index (Phi) is 5.15. The van der Waals surface area contributed by atoms with E-state index in [0.717, 1.165) is 54.5 Å². The van der Waals surface area contributed by atoms with Crippen LogP contribution in [0.2, 0.25) is 0 Å². The summed E-state index contributed by atoms with van der Waals surface area (Å²) in [6.45, 7) is 7.33. The molecule has 128 valence electrons. The Morgan fingerprint density at radius 3 is 2.56 bits per heavy atom. The summed E-state index contributed by atoms with van der Waals surface area (Å²) in [5.74, 6) is 0.791. The van der Waals surface area contributed by atoms with E-state index in [9.17, 15) is 5.26 Å². The van der Waals surface area contributed by atoms with Crippen LogP contribution >= 0.6 is 12.2 Å². The summed E-state index contributed by atoms with van der Waals surface area (Å²) in [5.41, 5.74) is 3.86. The Morgan fingerprint density at radius 2 is 1.88 bits per heavy atom. The lowest BCUT2D eigenvalue weighted by Gasteiger charge is -2.37. The van der Waals surface area contributed by atoms with E-state index in [0.29, 0.717) is 5.11 Å². The monoisotopic (exact) mass is 351 g/mol. The average molecular weight is 351 g/mol. The lowest BCUT2D eigenvalue weighted by atomic mass is 10.1. The number of aryl methyl sites for hydroxylation is 2. The molecule has 0 amide bonds. The number of hydrogen-bond donors (Lipinski definition) is 1. The maximum atomic E-state index is 9.27. The van der Waals surface area contributed by atoms with E-state index >= 15 is 0 Å². The molecule has 1 fully saturated rings. The molecule has 1 aromatic heterocycles. The fourth-order valence-corrected chi connectivity index (χ4v) is 3.38. The van der Waals surface area contributed by atoms with Crippen molar-refractivity contribution in [2.45, 2.75) is 13.8 Å². The zero-order valence-electron chi connectivity index (χ0n) is 14.5. The maximum Gasteiger partial charge on any atom is 0.174 e. The quantitative estimate of drug-likeness (QED) is 0.839. The molecule has 6 heteroatoms. The molecular weight excluding hydrogens is 330 g/mol. The summed E-state index contributed by atoms with van der Waals surface area (Å²) in [4.78, 5) is 8.88. The highest BCUT2D eigenvalue weighted by atomic mass is 32.1. The second kappa shape index (κ2) is 7.49. The van der Waals surface area contributed by atoms with Gasteiger partial charge in [-0.15, -0.1) is 0 Å². The van der Waals surface area contributed by atoms with E-state index in [1.54, 1.807) is 0 Å². The number of nitrogens with one attached hydrogen (secondary N) is 1. The Labute approximate surface area is 153 Å². The zero-order valence-corrected chi connectivity index (χ0v) is 15.3. The fourth-order valence-electron chi connectivity index (χ4n) is 3.09. The van der Waals surface area contributed by atoms with Crippen LogP contribution < -0.4 is 10.2 Å². The number of piperazine rings is 1. The molecule has 0 unspecified atom stereocenters. The predicted molar refractivity (Wildman–Crippen MR) is 105 cm³/mol. The van der Waals surface area contributed by atoms with E-state index in [-0.39, 0.29) is 0 Å². The minimum atomic E-state index is 0.700. The van der Waals surface area contributed by atoms with E-state index in [1.165, 1.54) is 0 Å². The van der Waals surface area contributed by atoms with Gasteiger partial charge in [0.05, 0.1) is 11.3 Å². The molecule has 0 bridgehead atoms. The summed E-state index contributed by atoms with van der Waals surface area (Å²) < 4.78 is 0. The molecule has 0 spiro atoms.